The molecule has 17 heteroatoms. The topological polar surface area (TPSA) is 181 Å². The smallest absolute Gasteiger partial charge is 0.272 e. The van der Waals surface area contributed by atoms with Crippen LogP contribution in [0.5, 0.6) is 5.75 Å². The zero-order valence-electron chi connectivity index (χ0n) is 31.5. The second kappa shape index (κ2) is 15.3. The second-order valence-corrected chi connectivity index (χ2v) is 16.7. The highest BCUT2D eigenvalue weighted by molar-refractivity contribution is 6.31. The Kier molecular flexibility index (Phi) is 9.97. The van der Waals surface area contributed by atoms with Crippen molar-refractivity contribution in [3.63, 3.8) is 0 Å². The third-order valence-electron chi connectivity index (χ3n) is 12.5. The highest BCUT2D eigenvalue weighted by Crippen LogP contribution is 2.39. The fourth-order valence-corrected chi connectivity index (χ4v) is 9.66. The van der Waals surface area contributed by atoms with Gasteiger partial charge in [0.15, 0.2) is 11.5 Å². The van der Waals surface area contributed by atoms with E-state index in [0.29, 0.717) is 47.2 Å². The molecule has 300 valence electrons. The lowest BCUT2D eigenvalue weighted by molar-refractivity contribution is -0.136. The van der Waals surface area contributed by atoms with Crippen LogP contribution in [0.25, 0.3) is 0 Å². The molecule has 0 radical (unpaired) electrons. The number of halogens is 2. The van der Waals surface area contributed by atoms with Crippen molar-refractivity contribution in [2.24, 2.45) is 17.8 Å². The first-order valence-electron chi connectivity index (χ1n) is 19.8. The van der Waals surface area contributed by atoms with E-state index >= 15 is 4.39 Å². The van der Waals surface area contributed by atoms with Gasteiger partial charge in [0.1, 0.15) is 23.7 Å². The standard InChI is InChI=1S/C41H41ClFN9O6/c42-31-11-28(4-1-23(31)14-44)58-27-5-2-26(3-6-27)45-38(54)33-7-9-36(48-47-33)51-16-22(17-51)15-49-18-24-20-50(21-25(24)19-49)35-13-30-29(12-32(35)43)40(56)52(41(30)57)34-8-10-37(53)46-39(34)55/h1,4,7,9,11-13,22,24-27,34H,2-3,5-6,8,10,15-21H2,(H,45,54)(H,46,53,55)/t24?,25?,26-,27-,34?. The summed E-state index contributed by atoms with van der Waals surface area (Å²) in [5, 5.41) is 23.3. The van der Waals surface area contributed by atoms with Crippen molar-refractivity contribution in [2.45, 2.75) is 56.7 Å². The molecular formula is C41H41ClFN9O6. The predicted molar refractivity (Wildman–Crippen MR) is 207 cm³/mol. The highest BCUT2D eigenvalue weighted by atomic mass is 35.5. The van der Waals surface area contributed by atoms with Gasteiger partial charge in [-0.1, -0.05) is 11.6 Å². The number of likely N-dealkylation sites (tertiary alicyclic amines) is 1. The molecule has 5 fully saturated rings. The number of nitrogens with zero attached hydrogens (tertiary/aromatic N) is 7. The Morgan fingerprint density at radius 1 is 0.897 bits per heavy atom. The maximum atomic E-state index is 15.5. The van der Waals surface area contributed by atoms with Gasteiger partial charge in [-0.25, -0.2) is 4.39 Å². The van der Waals surface area contributed by atoms with Gasteiger partial charge in [0.2, 0.25) is 11.8 Å². The molecule has 6 heterocycles. The summed E-state index contributed by atoms with van der Waals surface area (Å²) in [6, 6.07) is 12.1. The molecule has 3 atom stereocenters. The molecular weight excluding hydrogens is 769 g/mol. The van der Waals surface area contributed by atoms with Crippen LogP contribution in [0.1, 0.15) is 75.3 Å². The summed E-state index contributed by atoms with van der Waals surface area (Å²) in [7, 11) is 0. The van der Waals surface area contributed by atoms with Crippen LogP contribution in [0.4, 0.5) is 15.9 Å². The van der Waals surface area contributed by atoms with E-state index in [1.807, 2.05) is 17.0 Å². The molecule has 5 aliphatic heterocycles. The summed E-state index contributed by atoms with van der Waals surface area (Å²) in [6.07, 6.45) is 3.15. The number of nitrogens with one attached hydrogen (secondary N) is 2. The zero-order valence-corrected chi connectivity index (χ0v) is 32.3. The van der Waals surface area contributed by atoms with E-state index in [4.69, 9.17) is 21.6 Å². The van der Waals surface area contributed by atoms with E-state index in [9.17, 15) is 24.0 Å². The van der Waals surface area contributed by atoms with Gasteiger partial charge in [0.25, 0.3) is 17.7 Å². The summed E-state index contributed by atoms with van der Waals surface area (Å²) in [4.78, 5) is 70.9. The summed E-state index contributed by atoms with van der Waals surface area (Å²) < 4.78 is 21.6. The van der Waals surface area contributed by atoms with Crippen molar-refractivity contribution in [1.82, 2.24) is 30.6 Å². The number of piperidine rings is 1. The fourth-order valence-electron chi connectivity index (χ4n) is 9.45. The first-order chi connectivity index (χ1) is 28.0. The van der Waals surface area contributed by atoms with Gasteiger partial charge in [-0.15, -0.1) is 10.2 Å². The van der Waals surface area contributed by atoms with Gasteiger partial charge in [-0.2, -0.15) is 5.26 Å². The molecule has 1 aromatic heterocycles. The Morgan fingerprint density at radius 2 is 1.62 bits per heavy atom. The third-order valence-corrected chi connectivity index (χ3v) is 12.8. The van der Waals surface area contributed by atoms with Crippen molar-refractivity contribution in [1.29, 1.82) is 5.26 Å². The Hall–Kier alpha value is -5.66. The Labute approximate surface area is 338 Å². The number of imide groups is 2. The minimum atomic E-state index is -1.10. The van der Waals surface area contributed by atoms with Gasteiger partial charge >= 0.3 is 0 Å². The summed E-state index contributed by atoms with van der Waals surface area (Å²) in [5.41, 5.74) is 0.985. The monoisotopic (exact) mass is 809 g/mol. The summed E-state index contributed by atoms with van der Waals surface area (Å²) in [6.45, 7) is 5.64. The van der Waals surface area contributed by atoms with Gasteiger partial charge in [-0.05, 0) is 80.3 Å². The minimum absolute atomic E-state index is 0.00664. The predicted octanol–water partition coefficient (Wildman–Crippen LogP) is 3.17. The van der Waals surface area contributed by atoms with E-state index < -0.39 is 35.5 Å². The van der Waals surface area contributed by atoms with Gasteiger partial charge in [0.05, 0.1) is 33.5 Å². The first kappa shape index (κ1) is 37.9. The number of benzene rings is 2. The van der Waals surface area contributed by atoms with Crippen molar-refractivity contribution in [2.75, 3.05) is 55.6 Å². The highest BCUT2D eigenvalue weighted by Gasteiger charge is 2.47. The molecule has 2 N–H and O–H groups in total. The molecule has 58 heavy (non-hydrogen) atoms. The number of carbonyl (C=O) groups excluding carboxylic acids is 5. The molecule has 4 saturated heterocycles. The van der Waals surface area contributed by atoms with E-state index in [1.165, 1.54) is 6.07 Å². The fraction of sp³-hybridized carbons (Fsp3) is 0.463. The molecule has 15 nitrogen and oxygen atoms in total. The van der Waals surface area contributed by atoms with Crippen LogP contribution in [0.3, 0.4) is 0 Å². The summed E-state index contributed by atoms with van der Waals surface area (Å²) >= 11 is 6.14. The number of rotatable bonds is 9. The first-order valence-corrected chi connectivity index (χ1v) is 20.2. The number of hydrogen-bond donors (Lipinski definition) is 2. The molecule has 3 aromatic rings. The number of fused-ring (bicyclic) bond motifs is 2. The average molecular weight is 810 g/mol. The van der Waals surface area contributed by atoms with Crippen LogP contribution in [-0.2, 0) is 9.59 Å². The van der Waals surface area contributed by atoms with E-state index in [-0.39, 0.29) is 53.4 Å². The van der Waals surface area contributed by atoms with Crippen LogP contribution in [0.2, 0.25) is 5.02 Å². The van der Waals surface area contributed by atoms with Crippen molar-refractivity contribution in [3.8, 4) is 11.8 Å². The second-order valence-electron chi connectivity index (χ2n) is 16.3. The number of carbonyl (C=O) groups is 5. The quantitative estimate of drug-likeness (QED) is 0.302. The number of hydrogen-bond acceptors (Lipinski definition) is 12. The minimum Gasteiger partial charge on any atom is -0.490 e. The average Bonchev–Trinajstić information content (AvgIpc) is 3.83. The largest absolute Gasteiger partial charge is 0.490 e. The summed E-state index contributed by atoms with van der Waals surface area (Å²) in [5.74, 6) is -0.853. The van der Waals surface area contributed by atoms with Crippen LogP contribution in [-0.4, -0.2) is 114 Å². The van der Waals surface area contributed by atoms with E-state index in [1.54, 1.807) is 24.3 Å². The van der Waals surface area contributed by atoms with Crippen molar-refractivity contribution >= 4 is 52.6 Å². The molecule has 1 aliphatic carbocycles. The Morgan fingerprint density at radius 3 is 2.28 bits per heavy atom. The number of aromatic nitrogens is 2. The molecule has 3 unspecified atom stereocenters. The maximum Gasteiger partial charge on any atom is 0.272 e. The molecule has 6 aliphatic rings. The zero-order chi connectivity index (χ0) is 40.2. The normalized spacial score (nSPS) is 25.9. The lowest BCUT2D eigenvalue weighted by atomic mass is 9.93. The Balaban J connectivity index is 0.711. The molecule has 9 rings (SSSR count). The lowest BCUT2D eigenvalue weighted by Gasteiger charge is -2.41. The van der Waals surface area contributed by atoms with E-state index in [2.05, 4.69) is 30.6 Å². The number of amides is 5. The molecule has 1 saturated carbocycles. The third kappa shape index (κ3) is 7.21. The lowest BCUT2D eigenvalue weighted by Crippen LogP contribution is -2.54. The van der Waals surface area contributed by atoms with Gasteiger partial charge in [-0.3, -0.25) is 34.2 Å². The maximum absolute atomic E-state index is 15.5. The Bertz CT molecular complexity index is 2230. The van der Waals surface area contributed by atoms with Gasteiger partial charge < -0.3 is 24.8 Å². The number of anilines is 2. The van der Waals surface area contributed by atoms with E-state index in [0.717, 1.165) is 75.2 Å². The molecule has 5 amide bonds. The molecule has 0 bridgehead atoms. The molecule has 2 aromatic carbocycles. The number of nitriles is 1. The SMILES string of the molecule is N#Cc1ccc(O[C@H]2CC[C@H](NC(=O)c3ccc(N4CC(CN5CC6CN(c7cc8c(cc7F)C(=O)N(C7CCC(=O)NC7=O)C8=O)CC6C5)C4)nn3)CC2)cc1Cl. The van der Waals surface area contributed by atoms with Crippen LogP contribution >= 0.6 is 11.6 Å². The van der Waals surface area contributed by atoms with Crippen molar-refractivity contribution < 1.29 is 33.1 Å². The van der Waals surface area contributed by atoms with Gasteiger partial charge in [0, 0.05) is 70.3 Å². The van der Waals surface area contributed by atoms with Crippen LogP contribution in [0, 0.1) is 34.9 Å². The van der Waals surface area contributed by atoms with Crippen LogP contribution in [0.15, 0.2) is 42.5 Å². The van der Waals surface area contributed by atoms with Crippen molar-refractivity contribution in [3.05, 3.63) is 75.7 Å². The van der Waals surface area contributed by atoms with Crippen LogP contribution < -0.4 is 25.2 Å². The molecule has 0 spiro atoms. The number of ether oxygens (including phenoxy) is 1.